The maximum absolute atomic E-state index is 12.8. The van der Waals surface area contributed by atoms with E-state index in [9.17, 15) is 4.79 Å². The first-order valence-electron chi connectivity index (χ1n) is 7.85. The Morgan fingerprint density at radius 1 is 1.29 bits per heavy atom. The van der Waals surface area contributed by atoms with Gasteiger partial charge in [0.2, 0.25) is 0 Å². The number of hydrogen-bond donors (Lipinski definition) is 0. The van der Waals surface area contributed by atoms with Crippen LogP contribution in [0.15, 0.2) is 30.3 Å². The maximum Gasteiger partial charge on any atom is 0.254 e. The number of rotatable bonds is 3. The second-order valence-electron chi connectivity index (χ2n) is 6.01. The zero-order valence-electron chi connectivity index (χ0n) is 12.9. The van der Waals surface area contributed by atoms with Gasteiger partial charge in [-0.1, -0.05) is 25.1 Å². The highest BCUT2D eigenvalue weighted by molar-refractivity contribution is 5.94. The van der Waals surface area contributed by atoms with Gasteiger partial charge in [-0.15, -0.1) is 0 Å². The first-order valence-corrected chi connectivity index (χ1v) is 7.85. The number of benzene rings is 1. The van der Waals surface area contributed by atoms with Crippen LogP contribution in [0.1, 0.15) is 23.7 Å². The number of amides is 1. The molecule has 4 heteroatoms. The van der Waals surface area contributed by atoms with Gasteiger partial charge in [-0.25, -0.2) is 0 Å². The lowest BCUT2D eigenvalue weighted by Gasteiger charge is -2.41. The Bertz CT molecular complexity index is 491. The van der Waals surface area contributed by atoms with E-state index in [-0.39, 0.29) is 18.1 Å². The lowest BCUT2D eigenvalue weighted by molar-refractivity contribution is -0.0156. The van der Waals surface area contributed by atoms with Gasteiger partial charge in [-0.05, 0) is 25.1 Å². The molecule has 1 amide bonds. The van der Waals surface area contributed by atoms with E-state index in [1.54, 1.807) is 7.11 Å². The molecule has 3 rings (SSSR count). The molecule has 114 valence electrons. The summed E-state index contributed by atoms with van der Waals surface area (Å²) in [5, 5.41) is 0. The molecule has 21 heavy (non-hydrogen) atoms. The van der Waals surface area contributed by atoms with E-state index in [0.29, 0.717) is 5.92 Å². The molecular weight excluding hydrogens is 264 g/mol. The first kappa shape index (κ1) is 14.5. The predicted molar refractivity (Wildman–Crippen MR) is 82.3 cm³/mol. The summed E-state index contributed by atoms with van der Waals surface area (Å²) in [4.78, 5) is 17.3. The van der Waals surface area contributed by atoms with Crippen molar-refractivity contribution >= 4 is 5.91 Å². The minimum atomic E-state index is 0.165. The number of fused-ring (bicyclic) bond motifs is 1. The van der Waals surface area contributed by atoms with E-state index in [2.05, 4.69) is 16.7 Å². The Kier molecular flexibility index (Phi) is 4.27. The summed E-state index contributed by atoms with van der Waals surface area (Å²) in [6.45, 7) is 6.03. The number of nitrogens with zero attached hydrogens (tertiary/aromatic N) is 2. The van der Waals surface area contributed by atoms with Gasteiger partial charge in [0, 0.05) is 38.2 Å². The predicted octanol–water partition coefficient (Wildman–Crippen LogP) is 1.87. The molecule has 0 unspecified atom stereocenters. The van der Waals surface area contributed by atoms with Gasteiger partial charge in [0.15, 0.2) is 0 Å². The molecule has 2 heterocycles. The lowest BCUT2D eigenvalue weighted by atomic mass is 9.88. The molecule has 0 aliphatic carbocycles. The number of piperidine rings is 1. The summed E-state index contributed by atoms with van der Waals surface area (Å²) in [5.74, 6) is 0.606. The van der Waals surface area contributed by atoms with Crippen molar-refractivity contribution in [1.82, 2.24) is 9.80 Å². The summed E-state index contributed by atoms with van der Waals surface area (Å²) in [5.41, 5.74) is 0.794. The topological polar surface area (TPSA) is 32.8 Å². The van der Waals surface area contributed by atoms with Crippen LogP contribution in [0.4, 0.5) is 0 Å². The third-order valence-electron chi connectivity index (χ3n) is 4.97. The van der Waals surface area contributed by atoms with E-state index < -0.39 is 0 Å². The summed E-state index contributed by atoms with van der Waals surface area (Å²) < 4.78 is 5.67. The Morgan fingerprint density at radius 2 is 2.05 bits per heavy atom. The number of likely N-dealkylation sites (N-methyl/N-ethyl adjacent to an activating group) is 1. The van der Waals surface area contributed by atoms with Gasteiger partial charge < -0.3 is 14.5 Å². The average molecular weight is 288 g/mol. The zero-order valence-corrected chi connectivity index (χ0v) is 12.9. The zero-order chi connectivity index (χ0) is 14.8. The van der Waals surface area contributed by atoms with Gasteiger partial charge in [-0.3, -0.25) is 4.79 Å². The Morgan fingerprint density at radius 3 is 2.71 bits per heavy atom. The largest absolute Gasteiger partial charge is 0.381 e. The van der Waals surface area contributed by atoms with E-state index in [0.717, 1.165) is 38.2 Å². The van der Waals surface area contributed by atoms with E-state index in [1.165, 1.54) is 0 Å². The quantitative estimate of drug-likeness (QED) is 0.851. The van der Waals surface area contributed by atoms with Crippen molar-refractivity contribution in [3.63, 3.8) is 0 Å². The summed E-state index contributed by atoms with van der Waals surface area (Å²) in [6.07, 6.45) is 1.22. The molecule has 2 saturated heterocycles. The third kappa shape index (κ3) is 2.70. The minimum absolute atomic E-state index is 0.165. The standard InChI is InChI=1S/C17H24N2O2/c1-3-18-11-14-15(12-18)19(10-9-16(14)21-2)17(20)13-7-5-4-6-8-13/h4-8,14-16H,3,9-12H2,1-2H3/t14-,15+,16-/m0/s1. The van der Waals surface area contributed by atoms with Crippen molar-refractivity contribution in [3.8, 4) is 0 Å². The van der Waals surface area contributed by atoms with Crippen LogP contribution in [0, 0.1) is 5.92 Å². The number of ether oxygens (including phenoxy) is 1. The van der Waals surface area contributed by atoms with Crippen LogP contribution in [0.2, 0.25) is 0 Å². The molecule has 0 bridgehead atoms. The van der Waals surface area contributed by atoms with Crippen LogP contribution in [-0.4, -0.2) is 61.1 Å². The molecule has 2 aliphatic heterocycles. The van der Waals surface area contributed by atoms with Crippen molar-refractivity contribution in [1.29, 1.82) is 0 Å². The molecule has 4 nitrogen and oxygen atoms in total. The number of carbonyl (C=O) groups excluding carboxylic acids is 1. The van der Waals surface area contributed by atoms with E-state index in [1.807, 2.05) is 30.3 Å². The van der Waals surface area contributed by atoms with Crippen molar-refractivity contribution in [2.24, 2.45) is 5.92 Å². The monoisotopic (exact) mass is 288 g/mol. The molecule has 0 N–H and O–H groups in total. The first-order chi connectivity index (χ1) is 10.2. The van der Waals surface area contributed by atoms with Gasteiger partial charge in [0.1, 0.15) is 0 Å². The molecule has 1 aromatic carbocycles. The third-order valence-corrected chi connectivity index (χ3v) is 4.97. The fourth-order valence-electron chi connectivity index (χ4n) is 3.79. The second-order valence-corrected chi connectivity index (χ2v) is 6.01. The summed E-state index contributed by atoms with van der Waals surface area (Å²) >= 11 is 0. The normalized spacial score (nSPS) is 29.4. The number of likely N-dealkylation sites (tertiary alicyclic amines) is 2. The molecule has 0 saturated carbocycles. The fourth-order valence-corrected chi connectivity index (χ4v) is 3.79. The molecular formula is C17H24N2O2. The van der Waals surface area contributed by atoms with Gasteiger partial charge in [0.05, 0.1) is 12.1 Å². The Labute approximate surface area is 126 Å². The van der Waals surface area contributed by atoms with Gasteiger partial charge in [-0.2, -0.15) is 0 Å². The van der Waals surface area contributed by atoms with Gasteiger partial charge >= 0.3 is 0 Å². The Hall–Kier alpha value is -1.39. The molecule has 0 radical (unpaired) electrons. The van der Waals surface area contributed by atoms with Crippen LogP contribution in [0.3, 0.4) is 0 Å². The molecule has 1 aromatic rings. The SMILES string of the molecule is CCN1C[C@@H]2[C@@H](OC)CCN(C(=O)c3ccccc3)[C@@H]2C1. The molecule has 3 atom stereocenters. The highest BCUT2D eigenvalue weighted by atomic mass is 16.5. The van der Waals surface area contributed by atoms with Crippen LogP contribution in [0.5, 0.6) is 0 Å². The fraction of sp³-hybridized carbons (Fsp3) is 0.588. The summed E-state index contributed by atoms with van der Waals surface area (Å²) in [7, 11) is 1.80. The van der Waals surface area contributed by atoms with Crippen molar-refractivity contribution in [2.75, 3.05) is 33.3 Å². The van der Waals surface area contributed by atoms with Crippen LogP contribution in [0.25, 0.3) is 0 Å². The van der Waals surface area contributed by atoms with Crippen LogP contribution in [-0.2, 0) is 4.74 Å². The van der Waals surface area contributed by atoms with Crippen molar-refractivity contribution in [2.45, 2.75) is 25.5 Å². The van der Waals surface area contributed by atoms with Gasteiger partial charge in [0.25, 0.3) is 5.91 Å². The second kappa shape index (κ2) is 6.16. The smallest absolute Gasteiger partial charge is 0.254 e. The molecule has 2 fully saturated rings. The molecule has 0 aromatic heterocycles. The molecule has 0 spiro atoms. The number of carbonyl (C=O) groups is 1. The van der Waals surface area contributed by atoms with Crippen LogP contribution < -0.4 is 0 Å². The highest BCUT2D eigenvalue weighted by Crippen LogP contribution is 2.33. The Balaban J connectivity index is 1.81. The van der Waals surface area contributed by atoms with Crippen molar-refractivity contribution < 1.29 is 9.53 Å². The molecule has 2 aliphatic rings. The maximum atomic E-state index is 12.8. The van der Waals surface area contributed by atoms with E-state index in [4.69, 9.17) is 4.74 Å². The highest BCUT2D eigenvalue weighted by Gasteiger charge is 2.45. The average Bonchev–Trinajstić information content (AvgIpc) is 2.98. The van der Waals surface area contributed by atoms with Crippen LogP contribution >= 0.6 is 0 Å². The summed E-state index contributed by atoms with van der Waals surface area (Å²) in [6, 6.07) is 9.92. The number of methoxy groups -OCH3 is 1. The van der Waals surface area contributed by atoms with E-state index >= 15 is 0 Å². The lowest BCUT2D eigenvalue weighted by Crippen LogP contribution is -2.53. The number of hydrogen-bond acceptors (Lipinski definition) is 3. The minimum Gasteiger partial charge on any atom is -0.381 e. The van der Waals surface area contributed by atoms with Crippen molar-refractivity contribution in [3.05, 3.63) is 35.9 Å².